The van der Waals surface area contributed by atoms with Crippen molar-refractivity contribution in [2.75, 3.05) is 6.54 Å². The largest absolute Gasteiger partial charge is 0.460 e. The predicted octanol–water partition coefficient (Wildman–Crippen LogP) is 5.11. The molecule has 0 fully saturated rings. The highest BCUT2D eigenvalue weighted by Crippen LogP contribution is 2.23. The number of esters is 1. The van der Waals surface area contributed by atoms with Crippen LogP contribution >= 0.6 is 0 Å². The maximum Gasteiger partial charge on any atom is 0.312 e. The molecule has 0 aromatic heterocycles. The van der Waals surface area contributed by atoms with Crippen LogP contribution in [0.3, 0.4) is 0 Å². The molecular weight excluding hydrogens is 493 g/mol. The van der Waals surface area contributed by atoms with E-state index in [1.165, 1.54) is 12.1 Å². The van der Waals surface area contributed by atoms with Gasteiger partial charge < -0.3 is 9.84 Å². The lowest BCUT2D eigenvalue weighted by Crippen LogP contribution is -2.37. The Kier molecular flexibility index (Phi) is 9.59. The number of aliphatic hydroxyl groups excluding tert-OH is 1. The lowest BCUT2D eigenvalue weighted by molar-refractivity contribution is -0.164. The van der Waals surface area contributed by atoms with Gasteiger partial charge in [-0.15, -0.1) is 0 Å². The van der Waals surface area contributed by atoms with Crippen LogP contribution in [-0.4, -0.2) is 37.7 Å². The second-order valence-electron chi connectivity index (χ2n) is 9.95. The molecule has 0 spiro atoms. The third-order valence-electron chi connectivity index (χ3n) is 5.84. The molecule has 8 heteroatoms. The van der Waals surface area contributed by atoms with Crippen LogP contribution in [0.2, 0.25) is 0 Å². The van der Waals surface area contributed by atoms with Gasteiger partial charge in [0, 0.05) is 6.54 Å². The maximum absolute atomic E-state index is 13.1. The van der Waals surface area contributed by atoms with Crippen molar-refractivity contribution in [1.82, 2.24) is 4.72 Å². The van der Waals surface area contributed by atoms with Crippen LogP contribution in [-0.2, 0) is 26.0 Å². The summed E-state index contributed by atoms with van der Waals surface area (Å²) in [7, 11) is -3.89. The van der Waals surface area contributed by atoms with Crippen molar-refractivity contribution < 1.29 is 27.4 Å². The van der Waals surface area contributed by atoms with Gasteiger partial charge in [0.15, 0.2) is 0 Å². The second kappa shape index (κ2) is 12.4. The van der Waals surface area contributed by atoms with E-state index in [0.29, 0.717) is 12.8 Å². The van der Waals surface area contributed by atoms with Crippen LogP contribution < -0.4 is 4.72 Å². The van der Waals surface area contributed by atoms with Gasteiger partial charge in [0.2, 0.25) is 10.0 Å². The molecular formula is C29H34FNO5S. The number of carbonyl (C=O) groups excluding carboxylic acids is 1. The molecule has 0 heterocycles. The number of aryl methyl sites for hydroxylation is 1. The zero-order valence-electron chi connectivity index (χ0n) is 21.4. The Bertz CT molecular complexity index is 1250. The van der Waals surface area contributed by atoms with Crippen LogP contribution in [0.15, 0.2) is 83.8 Å². The highest BCUT2D eigenvalue weighted by atomic mass is 32.2. The number of nitrogens with one attached hydrogen (secondary N) is 1. The van der Waals surface area contributed by atoms with Gasteiger partial charge in [0.1, 0.15) is 11.4 Å². The van der Waals surface area contributed by atoms with Crippen molar-refractivity contribution in [2.24, 2.45) is 5.92 Å². The minimum atomic E-state index is -3.89. The van der Waals surface area contributed by atoms with Gasteiger partial charge in [-0.1, -0.05) is 54.6 Å². The fraction of sp³-hybridized carbons (Fsp3) is 0.345. The Hall–Kier alpha value is -3.07. The fourth-order valence-electron chi connectivity index (χ4n) is 3.90. The molecule has 37 heavy (non-hydrogen) atoms. The first-order valence-corrected chi connectivity index (χ1v) is 13.7. The first kappa shape index (κ1) is 28.5. The molecule has 0 aliphatic heterocycles. The minimum absolute atomic E-state index is 0.0451. The summed E-state index contributed by atoms with van der Waals surface area (Å²) in [5.74, 6) is -2.04. The quantitative estimate of drug-likeness (QED) is 0.338. The third kappa shape index (κ3) is 8.77. The van der Waals surface area contributed by atoms with Crippen molar-refractivity contribution in [2.45, 2.75) is 56.6 Å². The minimum Gasteiger partial charge on any atom is -0.460 e. The van der Waals surface area contributed by atoms with E-state index in [0.717, 1.165) is 28.8 Å². The molecule has 2 unspecified atom stereocenters. The summed E-state index contributed by atoms with van der Waals surface area (Å²) >= 11 is 0. The highest BCUT2D eigenvalue weighted by Gasteiger charge is 2.31. The molecule has 198 valence electrons. The molecule has 0 saturated carbocycles. The van der Waals surface area contributed by atoms with E-state index in [9.17, 15) is 22.7 Å². The van der Waals surface area contributed by atoms with Crippen LogP contribution in [0, 0.1) is 11.7 Å². The SMILES string of the molecule is CC(C)(C)OC(=O)C(CCNS(=O)(=O)c1ccc(F)cc1)C(O)CCc1ccc(-c2ccccc2)cc1. The first-order valence-electron chi connectivity index (χ1n) is 12.3. The van der Waals surface area contributed by atoms with Gasteiger partial charge in [-0.3, -0.25) is 4.79 Å². The summed E-state index contributed by atoms with van der Waals surface area (Å²) < 4.78 is 46.1. The molecule has 0 radical (unpaired) electrons. The molecule has 2 N–H and O–H groups in total. The lowest BCUT2D eigenvalue weighted by atomic mass is 9.93. The third-order valence-corrected chi connectivity index (χ3v) is 7.31. The van der Waals surface area contributed by atoms with Gasteiger partial charge in [-0.2, -0.15) is 0 Å². The molecule has 0 bridgehead atoms. The van der Waals surface area contributed by atoms with E-state index < -0.39 is 39.4 Å². The fourth-order valence-corrected chi connectivity index (χ4v) is 4.95. The highest BCUT2D eigenvalue weighted by molar-refractivity contribution is 7.89. The normalized spacial score (nSPS) is 13.6. The molecule has 0 aliphatic rings. The standard InChI is InChI=1S/C29H34FNO5S/c1-29(2,3)36-28(33)26(19-20-31-37(34,35)25-16-14-24(30)15-17-25)27(32)18-11-21-9-12-23(13-10-21)22-7-5-4-6-8-22/h4-10,12-17,26-27,31-32H,11,18-20H2,1-3H3. The Morgan fingerprint density at radius 3 is 2.11 bits per heavy atom. The van der Waals surface area contributed by atoms with Crippen LogP contribution in [0.5, 0.6) is 0 Å². The van der Waals surface area contributed by atoms with E-state index in [1.54, 1.807) is 20.8 Å². The number of sulfonamides is 1. The summed E-state index contributed by atoms with van der Waals surface area (Å²) in [6.07, 6.45) is -0.140. The zero-order valence-corrected chi connectivity index (χ0v) is 22.2. The number of aliphatic hydroxyl groups is 1. The number of hydrogen-bond donors (Lipinski definition) is 2. The zero-order chi connectivity index (χ0) is 27.1. The monoisotopic (exact) mass is 527 g/mol. The smallest absolute Gasteiger partial charge is 0.312 e. The second-order valence-corrected chi connectivity index (χ2v) is 11.7. The Morgan fingerprint density at radius 2 is 1.51 bits per heavy atom. The van der Waals surface area contributed by atoms with Crippen molar-refractivity contribution in [3.8, 4) is 11.1 Å². The molecule has 3 aromatic carbocycles. The molecule has 0 amide bonds. The Balaban J connectivity index is 1.63. The summed E-state index contributed by atoms with van der Waals surface area (Å²) in [6, 6.07) is 22.5. The topological polar surface area (TPSA) is 92.7 Å². The van der Waals surface area contributed by atoms with Gasteiger partial charge in [0.05, 0.1) is 16.9 Å². The van der Waals surface area contributed by atoms with Crippen molar-refractivity contribution >= 4 is 16.0 Å². The number of ether oxygens (including phenoxy) is 1. The molecule has 6 nitrogen and oxygen atoms in total. The van der Waals surface area contributed by atoms with Crippen LogP contribution in [0.1, 0.15) is 39.2 Å². The number of rotatable bonds is 11. The average molecular weight is 528 g/mol. The van der Waals surface area contributed by atoms with Crippen molar-refractivity contribution in [1.29, 1.82) is 0 Å². The summed E-state index contributed by atoms with van der Waals surface area (Å²) in [6.45, 7) is 5.12. The van der Waals surface area contributed by atoms with Gasteiger partial charge >= 0.3 is 5.97 Å². The van der Waals surface area contributed by atoms with Gasteiger partial charge in [-0.05, 0) is 81.0 Å². The number of halogens is 1. The van der Waals surface area contributed by atoms with E-state index in [4.69, 9.17) is 4.74 Å². The summed E-state index contributed by atoms with van der Waals surface area (Å²) in [5, 5.41) is 10.9. The molecule has 3 rings (SSSR count). The predicted molar refractivity (Wildman–Crippen MR) is 142 cm³/mol. The van der Waals surface area contributed by atoms with E-state index in [2.05, 4.69) is 4.72 Å². The maximum atomic E-state index is 13.1. The van der Waals surface area contributed by atoms with Gasteiger partial charge in [0.25, 0.3) is 0 Å². The molecule has 0 aliphatic carbocycles. The number of hydrogen-bond acceptors (Lipinski definition) is 5. The van der Waals surface area contributed by atoms with Gasteiger partial charge in [-0.25, -0.2) is 17.5 Å². The van der Waals surface area contributed by atoms with Crippen molar-refractivity contribution in [3.05, 3.63) is 90.2 Å². The lowest BCUT2D eigenvalue weighted by Gasteiger charge is -2.27. The average Bonchev–Trinajstić information content (AvgIpc) is 2.85. The Labute approximate surface area is 218 Å². The molecule has 0 saturated heterocycles. The molecule has 3 aromatic rings. The van der Waals surface area contributed by atoms with Crippen LogP contribution in [0.25, 0.3) is 11.1 Å². The summed E-state index contributed by atoms with van der Waals surface area (Å²) in [5.41, 5.74) is 2.46. The number of benzene rings is 3. The van der Waals surface area contributed by atoms with E-state index in [-0.39, 0.29) is 17.9 Å². The number of carbonyl (C=O) groups is 1. The first-order chi connectivity index (χ1) is 17.4. The van der Waals surface area contributed by atoms with Crippen molar-refractivity contribution in [3.63, 3.8) is 0 Å². The molecule has 2 atom stereocenters. The van der Waals surface area contributed by atoms with Crippen LogP contribution in [0.4, 0.5) is 4.39 Å². The summed E-state index contributed by atoms with van der Waals surface area (Å²) in [4.78, 5) is 12.8. The Morgan fingerprint density at radius 1 is 0.919 bits per heavy atom. The van der Waals surface area contributed by atoms with E-state index in [1.807, 2.05) is 54.6 Å². The van der Waals surface area contributed by atoms with E-state index >= 15 is 0 Å².